The molecule has 4 nitrogen and oxygen atoms in total. The quantitative estimate of drug-likeness (QED) is 0.492. The van der Waals surface area contributed by atoms with Gasteiger partial charge in [0.2, 0.25) is 0 Å². The lowest BCUT2D eigenvalue weighted by Gasteiger charge is -2.09. The van der Waals surface area contributed by atoms with E-state index in [9.17, 15) is 14.7 Å². The zero-order valence-electron chi connectivity index (χ0n) is 9.49. The molecule has 0 heterocycles. The number of carbonyl (C=O) groups excluding carboxylic acids is 2. The fraction of sp³-hybridized carbons (Fsp3) is 0.818. The van der Waals surface area contributed by atoms with E-state index < -0.39 is 12.1 Å². The van der Waals surface area contributed by atoms with Crippen LogP contribution >= 0.6 is 0 Å². The SMILES string of the molecule is CCCCOC(=O)[C@@H](O)CC(=O)CCC. The number of esters is 1. The first kappa shape index (κ1) is 14.1. The Hall–Kier alpha value is -0.900. The van der Waals surface area contributed by atoms with E-state index in [1.165, 1.54) is 0 Å². The van der Waals surface area contributed by atoms with Gasteiger partial charge in [-0.15, -0.1) is 0 Å². The van der Waals surface area contributed by atoms with Crippen LogP contribution in [0.4, 0.5) is 0 Å². The molecule has 4 heteroatoms. The molecular weight excluding hydrogens is 196 g/mol. The first-order valence-corrected chi connectivity index (χ1v) is 5.48. The minimum Gasteiger partial charge on any atom is -0.464 e. The molecule has 0 radical (unpaired) electrons. The number of rotatable bonds is 8. The number of carbonyl (C=O) groups is 2. The molecule has 1 N–H and O–H groups in total. The van der Waals surface area contributed by atoms with Gasteiger partial charge in [-0.05, 0) is 12.8 Å². The minimum atomic E-state index is -1.29. The first-order valence-electron chi connectivity index (χ1n) is 5.48. The Morgan fingerprint density at radius 1 is 1.27 bits per heavy atom. The summed E-state index contributed by atoms with van der Waals surface area (Å²) in [7, 11) is 0. The normalized spacial score (nSPS) is 12.2. The first-order chi connectivity index (χ1) is 7.11. The Labute approximate surface area is 90.6 Å². The summed E-state index contributed by atoms with van der Waals surface area (Å²) in [6.07, 6.45) is 1.43. The monoisotopic (exact) mass is 216 g/mol. The number of unbranched alkanes of at least 4 members (excludes halogenated alkanes) is 1. The van der Waals surface area contributed by atoms with Crippen molar-refractivity contribution in [2.45, 2.75) is 52.1 Å². The number of ether oxygens (including phenoxy) is 1. The number of hydrogen-bond acceptors (Lipinski definition) is 4. The van der Waals surface area contributed by atoms with Crippen LogP contribution in [0.3, 0.4) is 0 Å². The maximum atomic E-state index is 11.1. The molecule has 0 aromatic carbocycles. The highest BCUT2D eigenvalue weighted by atomic mass is 16.5. The third kappa shape index (κ3) is 7.08. The summed E-state index contributed by atoms with van der Waals surface area (Å²) in [5.41, 5.74) is 0. The molecule has 0 spiro atoms. The van der Waals surface area contributed by atoms with E-state index in [1.807, 2.05) is 13.8 Å². The number of aliphatic hydroxyl groups is 1. The van der Waals surface area contributed by atoms with Crippen molar-refractivity contribution in [3.8, 4) is 0 Å². The summed E-state index contributed by atoms with van der Waals surface area (Å²) in [6, 6.07) is 0. The van der Waals surface area contributed by atoms with Crippen LogP contribution in [0.25, 0.3) is 0 Å². The van der Waals surface area contributed by atoms with Gasteiger partial charge < -0.3 is 9.84 Å². The maximum Gasteiger partial charge on any atom is 0.335 e. The largest absolute Gasteiger partial charge is 0.464 e. The Morgan fingerprint density at radius 3 is 2.47 bits per heavy atom. The van der Waals surface area contributed by atoms with E-state index in [0.717, 1.165) is 19.3 Å². The second-order valence-corrected chi connectivity index (χ2v) is 3.53. The molecule has 1 atom stereocenters. The van der Waals surface area contributed by atoms with Crippen LogP contribution in [0.2, 0.25) is 0 Å². The van der Waals surface area contributed by atoms with Crippen molar-refractivity contribution in [3.63, 3.8) is 0 Å². The smallest absolute Gasteiger partial charge is 0.335 e. The van der Waals surface area contributed by atoms with Crippen molar-refractivity contribution in [3.05, 3.63) is 0 Å². The zero-order chi connectivity index (χ0) is 11.7. The van der Waals surface area contributed by atoms with Crippen molar-refractivity contribution < 1.29 is 19.4 Å². The summed E-state index contributed by atoms with van der Waals surface area (Å²) >= 11 is 0. The molecule has 0 unspecified atom stereocenters. The predicted octanol–water partition coefficient (Wildman–Crippen LogP) is 1.45. The molecule has 0 fully saturated rings. The van der Waals surface area contributed by atoms with Crippen LogP contribution in [0.15, 0.2) is 0 Å². The van der Waals surface area contributed by atoms with Crippen LogP contribution in [0.5, 0.6) is 0 Å². The Morgan fingerprint density at radius 2 is 1.93 bits per heavy atom. The van der Waals surface area contributed by atoms with Gasteiger partial charge in [0, 0.05) is 12.8 Å². The standard InChI is InChI=1S/C11H20O4/c1-3-5-7-15-11(14)10(13)8-9(12)6-4-2/h10,13H,3-8H2,1-2H3/t10-/m0/s1. The molecule has 0 rings (SSSR count). The van der Waals surface area contributed by atoms with Crippen molar-refractivity contribution in [2.75, 3.05) is 6.61 Å². The van der Waals surface area contributed by atoms with Crippen LogP contribution in [-0.2, 0) is 14.3 Å². The van der Waals surface area contributed by atoms with E-state index in [1.54, 1.807) is 0 Å². The van der Waals surface area contributed by atoms with Gasteiger partial charge in [0.05, 0.1) is 6.61 Å². The summed E-state index contributed by atoms with van der Waals surface area (Å²) in [5, 5.41) is 9.32. The molecule has 15 heavy (non-hydrogen) atoms. The van der Waals surface area contributed by atoms with E-state index in [2.05, 4.69) is 0 Å². The van der Waals surface area contributed by atoms with Gasteiger partial charge in [-0.3, -0.25) is 4.79 Å². The highest BCUT2D eigenvalue weighted by molar-refractivity contribution is 5.85. The second-order valence-electron chi connectivity index (χ2n) is 3.53. The molecule has 0 aromatic heterocycles. The van der Waals surface area contributed by atoms with Crippen LogP contribution in [-0.4, -0.2) is 29.6 Å². The molecule has 88 valence electrons. The molecular formula is C11H20O4. The molecule has 0 aliphatic carbocycles. The summed E-state index contributed by atoms with van der Waals surface area (Å²) in [6.45, 7) is 4.17. The average molecular weight is 216 g/mol. The Balaban J connectivity index is 3.73. The van der Waals surface area contributed by atoms with Gasteiger partial charge >= 0.3 is 5.97 Å². The van der Waals surface area contributed by atoms with Gasteiger partial charge in [-0.2, -0.15) is 0 Å². The van der Waals surface area contributed by atoms with E-state index in [-0.39, 0.29) is 12.2 Å². The van der Waals surface area contributed by atoms with Crippen molar-refractivity contribution >= 4 is 11.8 Å². The topological polar surface area (TPSA) is 63.6 Å². The fourth-order valence-corrected chi connectivity index (χ4v) is 1.09. The van der Waals surface area contributed by atoms with Crippen LogP contribution < -0.4 is 0 Å². The number of hydrogen-bond donors (Lipinski definition) is 1. The Kier molecular flexibility index (Phi) is 7.91. The summed E-state index contributed by atoms with van der Waals surface area (Å²) in [4.78, 5) is 22.3. The van der Waals surface area contributed by atoms with Crippen LogP contribution in [0, 0.1) is 0 Å². The molecule has 0 saturated carbocycles. The maximum absolute atomic E-state index is 11.1. The van der Waals surface area contributed by atoms with E-state index in [0.29, 0.717) is 13.0 Å². The minimum absolute atomic E-state index is 0.0996. The third-order valence-electron chi connectivity index (χ3n) is 1.96. The lowest BCUT2D eigenvalue weighted by molar-refractivity contribution is -0.155. The molecule has 0 aliphatic heterocycles. The number of Topliss-reactive ketones (excluding diaryl/α,β-unsaturated/α-hetero) is 1. The lowest BCUT2D eigenvalue weighted by Crippen LogP contribution is -2.26. The predicted molar refractivity (Wildman–Crippen MR) is 56.4 cm³/mol. The second kappa shape index (κ2) is 8.41. The molecule has 0 aromatic rings. The van der Waals surface area contributed by atoms with Crippen LogP contribution in [0.1, 0.15) is 46.0 Å². The van der Waals surface area contributed by atoms with Crippen molar-refractivity contribution in [2.24, 2.45) is 0 Å². The highest BCUT2D eigenvalue weighted by Gasteiger charge is 2.19. The van der Waals surface area contributed by atoms with Crippen molar-refractivity contribution in [1.29, 1.82) is 0 Å². The molecule has 0 saturated heterocycles. The summed E-state index contributed by atoms with van der Waals surface area (Å²) in [5.74, 6) is -0.787. The molecule has 0 bridgehead atoms. The third-order valence-corrected chi connectivity index (χ3v) is 1.96. The van der Waals surface area contributed by atoms with Gasteiger partial charge in [-0.25, -0.2) is 4.79 Å². The highest BCUT2D eigenvalue weighted by Crippen LogP contribution is 2.02. The van der Waals surface area contributed by atoms with E-state index >= 15 is 0 Å². The lowest BCUT2D eigenvalue weighted by atomic mass is 10.1. The van der Waals surface area contributed by atoms with E-state index in [4.69, 9.17) is 4.74 Å². The average Bonchev–Trinajstić information content (AvgIpc) is 2.18. The zero-order valence-corrected chi connectivity index (χ0v) is 9.49. The Bertz CT molecular complexity index is 201. The summed E-state index contributed by atoms with van der Waals surface area (Å²) < 4.78 is 4.78. The van der Waals surface area contributed by atoms with Gasteiger partial charge in [0.25, 0.3) is 0 Å². The van der Waals surface area contributed by atoms with Gasteiger partial charge in [0.15, 0.2) is 6.10 Å². The fourth-order valence-electron chi connectivity index (χ4n) is 1.09. The molecule has 0 amide bonds. The number of aliphatic hydroxyl groups excluding tert-OH is 1. The van der Waals surface area contributed by atoms with Crippen molar-refractivity contribution in [1.82, 2.24) is 0 Å². The number of ketones is 1. The van der Waals surface area contributed by atoms with Gasteiger partial charge in [-0.1, -0.05) is 20.3 Å². The molecule has 0 aliphatic rings. The van der Waals surface area contributed by atoms with Gasteiger partial charge in [0.1, 0.15) is 5.78 Å².